The van der Waals surface area contributed by atoms with Crippen LogP contribution in [0.25, 0.3) is 0 Å². The number of rotatable bonds is 7. The van der Waals surface area contributed by atoms with Gasteiger partial charge in [-0.3, -0.25) is 9.59 Å². The summed E-state index contributed by atoms with van der Waals surface area (Å²) in [7, 11) is -3.83. The molecule has 3 atom stereocenters. The summed E-state index contributed by atoms with van der Waals surface area (Å²) in [6, 6.07) is 2.78. The SMILES string of the molecule is Cc1cccnc1S(=O)(=O)N1CCCC(NC(=O)CCC(C)C(N)=O)[C@@H](O)C1. The van der Waals surface area contributed by atoms with E-state index >= 15 is 0 Å². The molecule has 10 heteroatoms. The molecule has 1 aliphatic heterocycles. The molecular weight excluding hydrogens is 384 g/mol. The molecule has 156 valence electrons. The van der Waals surface area contributed by atoms with E-state index < -0.39 is 34.0 Å². The van der Waals surface area contributed by atoms with Crippen molar-refractivity contribution >= 4 is 21.8 Å². The van der Waals surface area contributed by atoms with Crippen molar-refractivity contribution in [3.63, 3.8) is 0 Å². The monoisotopic (exact) mass is 412 g/mol. The van der Waals surface area contributed by atoms with Crippen LogP contribution in [-0.4, -0.2) is 59.9 Å². The van der Waals surface area contributed by atoms with Gasteiger partial charge in [-0.15, -0.1) is 0 Å². The lowest BCUT2D eigenvalue weighted by molar-refractivity contribution is -0.124. The summed E-state index contributed by atoms with van der Waals surface area (Å²) >= 11 is 0. The summed E-state index contributed by atoms with van der Waals surface area (Å²) < 4.78 is 27.0. The zero-order valence-corrected chi connectivity index (χ0v) is 17.0. The topological polar surface area (TPSA) is 143 Å². The van der Waals surface area contributed by atoms with Gasteiger partial charge in [0.05, 0.1) is 12.1 Å². The number of hydrogen-bond donors (Lipinski definition) is 3. The Bertz CT molecular complexity index is 814. The number of nitrogens with two attached hydrogens (primary N) is 1. The first-order valence-electron chi connectivity index (χ1n) is 9.31. The lowest BCUT2D eigenvalue weighted by Gasteiger charge is -2.25. The van der Waals surface area contributed by atoms with Gasteiger partial charge >= 0.3 is 0 Å². The highest BCUT2D eigenvalue weighted by Gasteiger charge is 2.34. The molecule has 2 amide bonds. The Morgan fingerprint density at radius 2 is 2.18 bits per heavy atom. The van der Waals surface area contributed by atoms with Gasteiger partial charge < -0.3 is 16.2 Å². The second-order valence-electron chi connectivity index (χ2n) is 7.21. The number of aryl methyl sites for hydroxylation is 1. The van der Waals surface area contributed by atoms with Crippen LogP contribution in [0.5, 0.6) is 0 Å². The fraction of sp³-hybridized carbons (Fsp3) is 0.611. The van der Waals surface area contributed by atoms with E-state index in [1.54, 1.807) is 26.0 Å². The Labute approximate surface area is 165 Å². The minimum atomic E-state index is -3.83. The first kappa shape index (κ1) is 22.3. The number of primary amides is 1. The number of aliphatic hydroxyl groups excluding tert-OH is 1. The number of nitrogens with zero attached hydrogens (tertiary/aromatic N) is 2. The number of carbonyl (C=O) groups is 2. The third-order valence-corrected chi connectivity index (χ3v) is 6.89. The molecule has 0 bridgehead atoms. The van der Waals surface area contributed by atoms with Gasteiger partial charge in [0.2, 0.25) is 11.8 Å². The third-order valence-electron chi connectivity index (χ3n) is 4.96. The van der Waals surface area contributed by atoms with Gasteiger partial charge in [-0.2, -0.15) is 4.31 Å². The number of pyridine rings is 1. The third kappa shape index (κ3) is 5.49. The molecule has 0 spiro atoms. The molecular formula is C18H28N4O5S. The quantitative estimate of drug-likeness (QED) is 0.572. The lowest BCUT2D eigenvalue weighted by Crippen LogP contribution is -2.47. The van der Waals surface area contributed by atoms with Gasteiger partial charge in [0.1, 0.15) is 0 Å². The van der Waals surface area contributed by atoms with Crippen LogP contribution in [0, 0.1) is 12.8 Å². The number of aliphatic hydroxyl groups is 1. The largest absolute Gasteiger partial charge is 0.390 e. The number of nitrogens with one attached hydrogen (secondary N) is 1. The molecule has 0 aliphatic carbocycles. The summed E-state index contributed by atoms with van der Waals surface area (Å²) in [4.78, 5) is 27.2. The molecule has 1 aliphatic rings. The molecule has 1 fully saturated rings. The second kappa shape index (κ2) is 9.44. The van der Waals surface area contributed by atoms with E-state index in [1.807, 2.05) is 0 Å². The Morgan fingerprint density at radius 1 is 1.46 bits per heavy atom. The summed E-state index contributed by atoms with van der Waals surface area (Å²) in [5.74, 6) is -1.17. The van der Waals surface area contributed by atoms with Crippen LogP contribution < -0.4 is 11.1 Å². The van der Waals surface area contributed by atoms with Crippen molar-refractivity contribution in [1.29, 1.82) is 0 Å². The van der Waals surface area contributed by atoms with Crippen LogP contribution in [0.15, 0.2) is 23.4 Å². The maximum atomic E-state index is 12.9. The molecule has 28 heavy (non-hydrogen) atoms. The van der Waals surface area contributed by atoms with Crippen LogP contribution in [0.4, 0.5) is 0 Å². The number of amides is 2. The highest BCUT2D eigenvalue weighted by atomic mass is 32.2. The first-order chi connectivity index (χ1) is 13.1. The summed E-state index contributed by atoms with van der Waals surface area (Å²) in [6.07, 6.45) is 1.76. The summed E-state index contributed by atoms with van der Waals surface area (Å²) in [6.45, 7) is 3.43. The number of aromatic nitrogens is 1. The molecule has 2 heterocycles. The number of hydrogen-bond acceptors (Lipinski definition) is 6. The van der Waals surface area contributed by atoms with Crippen LogP contribution in [-0.2, 0) is 19.6 Å². The van der Waals surface area contributed by atoms with E-state index in [0.29, 0.717) is 24.8 Å². The molecule has 0 saturated carbocycles. The van der Waals surface area contributed by atoms with Crippen molar-refractivity contribution in [2.75, 3.05) is 13.1 Å². The smallest absolute Gasteiger partial charge is 0.260 e. The van der Waals surface area contributed by atoms with E-state index in [-0.39, 0.29) is 30.4 Å². The Kier molecular flexibility index (Phi) is 7.50. The number of β-amino-alcohol motifs (C(OH)–C–C–N with tert-alkyl or cyclic N) is 1. The highest BCUT2D eigenvalue weighted by Crippen LogP contribution is 2.21. The van der Waals surface area contributed by atoms with Gasteiger partial charge in [0.25, 0.3) is 10.0 Å². The fourth-order valence-electron chi connectivity index (χ4n) is 3.13. The molecule has 4 N–H and O–H groups in total. The zero-order valence-electron chi connectivity index (χ0n) is 16.2. The van der Waals surface area contributed by atoms with Crippen molar-refractivity contribution in [3.8, 4) is 0 Å². The Balaban J connectivity index is 2.01. The molecule has 0 aromatic carbocycles. The maximum Gasteiger partial charge on any atom is 0.260 e. The van der Waals surface area contributed by atoms with Crippen molar-refractivity contribution in [2.45, 2.75) is 56.7 Å². The van der Waals surface area contributed by atoms with E-state index in [9.17, 15) is 23.1 Å². The van der Waals surface area contributed by atoms with Crippen molar-refractivity contribution in [2.24, 2.45) is 11.7 Å². The zero-order chi connectivity index (χ0) is 20.9. The van der Waals surface area contributed by atoms with Crippen LogP contribution in [0.3, 0.4) is 0 Å². The average Bonchev–Trinajstić information content (AvgIpc) is 2.82. The fourth-order valence-corrected chi connectivity index (χ4v) is 4.76. The van der Waals surface area contributed by atoms with Crippen molar-refractivity contribution in [1.82, 2.24) is 14.6 Å². The first-order valence-corrected chi connectivity index (χ1v) is 10.8. The van der Waals surface area contributed by atoms with Gasteiger partial charge in [0.15, 0.2) is 5.03 Å². The molecule has 1 aromatic heterocycles. The standard InChI is InChI=1S/C18H28N4O5S/c1-12(17(19)25)7-8-16(24)21-14-6-4-10-22(11-15(14)23)28(26,27)18-13(2)5-3-9-20-18/h3,5,9,12,14-15,23H,4,6-8,10-11H2,1-2H3,(H2,19,25)(H,21,24)/t12?,14?,15-/m0/s1. The second-order valence-corrected chi connectivity index (χ2v) is 9.07. The molecule has 2 rings (SSSR count). The van der Waals surface area contributed by atoms with Crippen LogP contribution in [0.1, 0.15) is 38.2 Å². The highest BCUT2D eigenvalue weighted by molar-refractivity contribution is 7.89. The van der Waals surface area contributed by atoms with Crippen LogP contribution >= 0.6 is 0 Å². The predicted octanol–water partition coefficient (Wildman–Crippen LogP) is -0.0782. The Hall–Kier alpha value is -2.04. The van der Waals surface area contributed by atoms with Gasteiger partial charge in [-0.1, -0.05) is 13.0 Å². The molecule has 0 radical (unpaired) electrons. The van der Waals surface area contributed by atoms with E-state index in [0.717, 1.165) is 0 Å². The van der Waals surface area contributed by atoms with E-state index in [1.165, 1.54) is 10.5 Å². The average molecular weight is 413 g/mol. The van der Waals surface area contributed by atoms with Gasteiger partial charge in [-0.05, 0) is 37.8 Å². The number of carbonyl (C=O) groups excluding carboxylic acids is 2. The summed E-state index contributed by atoms with van der Waals surface area (Å²) in [5.41, 5.74) is 5.72. The maximum absolute atomic E-state index is 12.9. The van der Waals surface area contributed by atoms with Crippen molar-refractivity contribution in [3.05, 3.63) is 23.9 Å². The number of sulfonamides is 1. The van der Waals surface area contributed by atoms with Crippen molar-refractivity contribution < 1.29 is 23.1 Å². The lowest BCUT2D eigenvalue weighted by atomic mass is 10.0. The summed E-state index contributed by atoms with van der Waals surface area (Å²) in [5, 5.41) is 13.2. The molecule has 9 nitrogen and oxygen atoms in total. The molecule has 1 aromatic rings. The predicted molar refractivity (Wildman–Crippen MR) is 102 cm³/mol. The van der Waals surface area contributed by atoms with E-state index in [4.69, 9.17) is 5.73 Å². The van der Waals surface area contributed by atoms with Gasteiger partial charge in [-0.25, -0.2) is 13.4 Å². The molecule has 1 saturated heterocycles. The minimum absolute atomic E-state index is 0.0230. The minimum Gasteiger partial charge on any atom is -0.390 e. The Morgan fingerprint density at radius 3 is 2.82 bits per heavy atom. The normalized spacial score (nSPS) is 22.2. The van der Waals surface area contributed by atoms with Gasteiger partial charge in [0, 0.05) is 31.6 Å². The van der Waals surface area contributed by atoms with E-state index in [2.05, 4.69) is 10.3 Å². The van der Waals surface area contributed by atoms with Crippen LogP contribution in [0.2, 0.25) is 0 Å². The molecule has 2 unspecified atom stereocenters.